The fourth-order valence-electron chi connectivity index (χ4n) is 1.77. The Morgan fingerprint density at radius 1 is 1.29 bits per heavy atom. The van der Waals surface area contributed by atoms with Crippen molar-refractivity contribution >= 4 is 0 Å². The molecule has 2 aromatic heterocycles. The highest BCUT2D eigenvalue weighted by Crippen LogP contribution is 2.20. The lowest BCUT2D eigenvalue weighted by Crippen LogP contribution is -2.16. The predicted octanol–water partition coefficient (Wildman–Crippen LogP) is 1.43. The second-order valence-corrected chi connectivity index (χ2v) is 4.39. The van der Waals surface area contributed by atoms with Crippen molar-refractivity contribution in [1.82, 2.24) is 25.3 Å². The minimum absolute atomic E-state index is 0.696. The summed E-state index contributed by atoms with van der Waals surface area (Å²) < 4.78 is 0. The lowest BCUT2D eigenvalue weighted by molar-refractivity contribution is 0.664. The molecule has 0 spiro atoms. The van der Waals surface area contributed by atoms with Crippen LogP contribution in [0, 0.1) is 6.92 Å². The molecule has 0 atom stereocenters. The molecular formula is C12H15N5. The SMILES string of the molecule is Cc1nccnc1-c1cnc(CNC2CC2)[nH]1. The number of imidazole rings is 1. The van der Waals surface area contributed by atoms with Crippen molar-refractivity contribution in [3.8, 4) is 11.4 Å². The van der Waals surface area contributed by atoms with Crippen molar-refractivity contribution in [3.63, 3.8) is 0 Å². The number of H-pyrrole nitrogens is 1. The molecule has 88 valence electrons. The average molecular weight is 229 g/mol. The molecule has 5 nitrogen and oxygen atoms in total. The first-order chi connectivity index (χ1) is 8.33. The highest BCUT2D eigenvalue weighted by molar-refractivity contribution is 5.55. The van der Waals surface area contributed by atoms with Crippen molar-refractivity contribution in [2.45, 2.75) is 32.4 Å². The molecule has 0 aliphatic heterocycles. The lowest BCUT2D eigenvalue weighted by atomic mass is 10.2. The molecule has 17 heavy (non-hydrogen) atoms. The Bertz CT molecular complexity index is 515. The Balaban J connectivity index is 1.77. The van der Waals surface area contributed by atoms with Gasteiger partial charge in [0.15, 0.2) is 0 Å². The van der Waals surface area contributed by atoms with Crippen LogP contribution in [0.15, 0.2) is 18.6 Å². The quantitative estimate of drug-likeness (QED) is 0.832. The minimum Gasteiger partial charge on any atom is -0.340 e. The van der Waals surface area contributed by atoms with Gasteiger partial charge < -0.3 is 10.3 Å². The number of aryl methyl sites for hydroxylation is 1. The maximum atomic E-state index is 4.35. The van der Waals surface area contributed by atoms with Crippen molar-refractivity contribution in [3.05, 3.63) is 30.1 Å². The Hall–Kier alpha value is -1.75. The summed E-state index contributed by atoms with van der Waals surface area (Å²) in [5, 5.41) is 3.42. The number of hydrogen-bond acceptors (Lipinski definition) is 4. The molecular weight excluding hydrogens is 214 g/mol. The van der Waals surface area contributed by atoms with Crippen molar-refractivity contribution < 1.29 is 0 Å². The van der Waals surface area contributed by atoms with E-state index in [1.54, 1.807) is 12.4 Å². The van der Waals surface area contributed by atoms with E-state index in [4.69, 9.17) is 0 Å². The highest BCUT2D eigenvalue weighted by Gasteiger charge is 2.20. The van der Waals surface area contributed by atoms with Crippen LogP contribution in [0.25, 0.3) is 11.4 Å². The number of aromatic nitrogens is 4. The van der Waals surface area contributed by atoms with Gasteiger partial charge in [0, 0.05) is 18.4 Å². The van der Waals surface area contributed by atoms with Gasteiger partial charge in [0.1, 0.15) is 11.5 Å². The summed E-state index contributed by atoms with van der Waals surface area (Å²) in [4.78, 5) is 16.2. The summed E-state index contributed by atoms with van der Waals surface area (Å²) in [6, 6.07) is 0.696. The van der Waals surface area contributed by atoms with E-state index in [1.807, 2.05) is 13.1 Å². The number of aromatic amines is 1. The molecule has 1 saturated carbocycles. The topological polar surface area (TPSA) is 66.5 Å². The van der Waals surface area contributed by atoms with Crippen LogP contribution in [0.3, 0.4) is 0 Å². The van der Waals surface area contributed by atoms with E-state index in [0.29, 0.717) is 6.04 Å². The van der Waals surface area contributed by atoms with Gasteiger partial charge in [-0.25, -0.2) is 4.98 Å². The summed E-state index contributed by atoms with van der Waals surface area (Å²) in [7, 11) is 0. The monoisotopic (exact) mass is 229 g/mol. The number of rotatable bonds is 4. The zero-order valence-corrected chi connectivity index (χ0v) is 9.77. The third-order valence-corrected chi connectivity index (χ3v) is 2.90. The van der Waals surface area contributed by atoms with Gasteiger partial charge in [-0.3, -0.25) is 9.97 Å². The van der Waals surface area contributed by atoms with E-state index in [2.05, 4.69) is 25.3 Å². The van der Waals surface area contributed by atoms with E-state index in [-0.39, 0.29) is 0 Å². The van der Waals surface area contributed by atoms with Gasteiger partial charge >= 0.3 is 0 Å². The summed E-state index contributed by atoms with van der Waals surface area (Å²) in [5.74, 6) is 0.956. The second kappa shape index (κ2) is 4.25. The van der Waals surface area contributed by atoms with Crippen LogP contribution in [-0.2, 0) is 6.54 Å². The zero-order valence-electron chi connectivity index (χ0n) is 9.77. The largest absolute Gasteiger partial charge is 0.340 e. The molecule has 2 aromatic rings. The molecule has 0 amide bonds. The predicted molar refractivity (Wildman–Crippen MR) is 64.2 cm³/mol. The van der Waals surface area contributed by atoms with E-state index in [0.717, 1.165) is 29.5 Å². The normalized spacial score (nSPS) is 15.1. The summed E-state index contributed by atoms with van der Waals surface area (Å²) in [5.41, 5.74) is 2.72. The highest BCUT2D eigenvalue weighted by atomic mass is 15.0. The van der Waals surface area contributed by atoms with Crippen molar-refractivity contribution in [1.29, 1.82) is 0 Å². The molecule has 5 heteroatoms. The molecule has 0 radical (unpaired) electrons. The van der Waals surface area contributed by atoms with Gasteiger partial charge in [0.25, 0.3) is 0 Å². The van der Waals surface area contributed by atoms with Crippen LogP contribution < -0.4 is 5.32 Å². The first kappa shape index (κ1) is 10.4. The van der Waals surface area contributed by atoms with Crippen LogP contribution >= 0.6 is 0 Å². The molecule has 1 aliphatic carbocycles. The molecule has 0 unspecified atom stereocenters. The van der Waals surface area contributed by atoms with Gasteiger partial charge in [-0.1, -0.05) is 0 Å². The lowest BCUT2D eigenvalue weighted by Gasteiger charge is -2.00. The summed E-state index contributed by atoms with van der Waals surface area (Å²) >= 11 is 0. The minimum atomic E-state index is 0.696. The fraction of sp³-hybridized carbons (Fsp3) is 0.417. The van der Waals surface area contributed by atoms with Crippen molar-refractivity contribution in [2.75, 3.05) is 0 Å². The van der Waals surface area contributed by atoms with Crippen LogP contribution in [0.4, 0.5) is 0 Å². The molecule has 1 aliphatic rings. The van der Waals surface area contributed by atoms with Crippen molar-refractivity contribution in [2.24, 2.45) is 0 Å². The Morgan fingerprint density at radius 2 is 2.12 bits per heavy atom. The molecule has 1 fully saturated rings. The molecule has 0 bridgehead atoms. The van der Waals surface area contributed by atoms with Gasteiger partial charge in [0.05, 0.1) is 24.1 Å². The third-order valence-electron chi connectivity index (χ3n) is 2.90. The molecule has 3 rings (SSSR count). The van der Waals surface area contributed by atoms with Gasteiger partial charge in [0.2, 0.25) is 0 Å². The number of nitrogens with zero attached hydrogens (tertiary/aromatic N) is 3. The van der Waals surface area contributed by atoms with E-state index >= 15 is 0 Å². The van der Waals surface area contributed by atoms with Gasteiger partial charge in [-0.15, -0.1) is 0 Å². The first-order valence-corrected chi connectivity index (χ1v) is 5.88. The van der Waals surface area contributed by atoms with Crippen LogP contribution in [0.1, 0.15) is 24.4 Å². The van der Waals surface area contributed by atoms with Gasteiger partial charge in [-0.2, -0.15) is 0 Å². The molecule has 2 N–H and O–H groups in total. The summed E-state index contributed by atoms with van der Waals surface area (Å²) in [6.07, 6.45) is 7.80. The molecule has 0 aromatic carbocycles. The molecule has 2 heterocycles. The Morgan fingerprint density at radius 3 is 2.88 bits per heavy atom. The van der Waals surface area contributed by atoms with E-state index < -0.39 is 0 Å². The third kappa shape index (κ3) is 2.34. The fourth-order valence-corrected chi connectivity index (χ4v) is 1.77. The maximum Gasteiger partial charge on any atom is 0.120 e. The zero-order chi connectivity index (χ0) is 11.7. The van der Waals surface area contributed by atoms with Gasteiger partial charge in [-0.05, 0) is 19.8 Å². The van der Waals surface area contributed by atoms with Crippen LogP contribution in [0.2, 0.25) is 0 Å². The van der Waals surface area contributed by atoms with Crippen LogP contribution in [0.5, 0.6) is 0 Å². The Kier molecular flexibility index (Phi) is 2.60. The summed E-state index contributed by atoms with van der Waals surface area (Å²) in [6.45, 7) is 2.75. The Labute approximate surface area is 99.7 Å². The number of nitrogens with one attached hydrogen (secondary N) is 2. The van der Waals surface area contributed by atoms with E-state index in [9.17, 15) is 0 Å². The first-order valence-electron chi connectivity index (χ1n) is 5.88. The standard InChI is InChI=1S/C12H15N5/c1-8-12(14-5-4-13-8)10-6-16-11(17-10)7-15-9-2-3-9/h4-6,9,15H,2-3,7H2,1H3,(H,16,17). The smallest absolute Gasteiger partial charge is 0.120 e. The second-order valence-electron chi connectivity index (χ2n) is 4.39. The average Bonchev–Trinajstić information content (AvgIpc) is 3.06. The number of hydrogen-bond donors (Lipinski definition) is 2. The van der Waals surface area contributed by atoms with E-state index in [1.165, 1.54) is 12.8 Å². The van der Waals surface area contributed by atoms with Crippen LogP contribution in [-0.4, -0.2) is 26.0 Å². The maximum absolute atomic E-state index is 4.35. The molecule has 0 saturated heterocycles.